The molecule has 0 N–H and O–H groups in total. The molecule has 0 bridgehead atoms. The van der Waals surface area contributed by atoms with Crippen molar-refractivity contribution in [2.45, 2.75) is 25.3 Å². The average molecular weight is 452 g/mol. The number of aryl methyl sites for hydroxylation is 2. The van der Waals surface area contributed by atoms with Crippen molar-refractivity contribution in [1.82, 2.24) is 9.97 Å². The Kier molecular flexibility index (Phi) is 5.60. The number of aromatic nitrogens is 2. The number of hydrogen-bond donors (Lipinski definition) is 0. The van der Waals surface area contributed by atoms with Crippen LogP contribution >= 0.6 is 11.3 Å². The molecule has 0 fully saturated rings. The molecule has 0 aliphatic rings. The standard InChI is InChI=1S/C23H21N3O3S2/c1-15-6-8-19(16(2)11-15)22(27)26(14-17-5-4-10-24-13-17)23-25-20-9-7-18(31(3,28)29)12-21(20)30-23/h4-13H,14H2,1-3H3. The lowest BCUT2D eigenvalue weighted by molar-refractivity contribution is 0.0984. The maximum atomic E-state index is 13.6. The van der Waals surface area contributed by atoms with E-state index in [2.05, 4.69) is 9.97 Å². The Morgan fingerprint density at radius 2 is 1.90 bits per heavy atom. The molecule has 0 saturated carbocycles. The maximum Gasteiger partial charge on any atom is 0.260 e. The van der Waals surface area contributed by atoms with Crippen LogP contribution in [0, 0.1) is 13.8 Å². The highest BCUT2D eigenvalue weighted by molar-refractivity contribution is 7.90. The van der Waals surface area contributed by atoms with Gasteiger partial charge in [-0.05, 0) is 55.3 Å². The molecular weight excluding hydrogens is 430 g/mol. The molecule has 0 spiro atoms. The van der Waals surface area contributed by atoms with E-state index in [0.29, 0.717) is 27.5 Å². The smallest absolute Gasteiger partial charge is 0.260 e. The zero-order valence-electron chi connectivity index (χ0n) is 17.4. The van der Waals surface area contributed by atoms with E-state index in [1.54, 1.807) is 35.5 Å². The van der Waals surface area contributed by atoms with Crippen molar-refractivity contribution >= 4 is 42.4 Å². The van der Waals surface area contributed by atoms with E-state index in [0.717, 1.165) is 16.7 Å². The van der Waals surface area contributed by atoms with Gasteiger partial charge < -0.3 is 0 Å². The van der Waals surface area contributed by atoms with Crippen LogP contribution in [0.15, 0.2) is 65.8 Å². The molecule has 4 aromatic rings. The lowest BCUT2D eigenvalue weighted by Gasteiger charge is -2.21. The molecule has 158 valence electrons. The highest BCUT2D eigenvalue weighted by Crippen LogP contribution is 2.32. The minimum atomic E-state index is -3.33. The van der Waals surface area contributed by atoms with Gasteiger partial charge >= 0.3 is 0 Å². The van der Waals surface area contributed by atoms with Crippen LogP contribution in [-0.4, -0.2) is 30.5 Å². The van der Waals surface area contributed by atoms with E-state index in [-0.39, 0.29) is 10.8 Å². The molecule has 2 aromatic carbocycles. The van der Waals surface area contributed by atoms with Gasteiger partial charge in [-0.15, -0.1) is 0 Å². The predicted molar refractivity (Wildman–Crippen MR) is 123 cm³/mol. The lowest BCUT2D eigenvalue weighted by Crippen LogP contribution is -2.31. The largest absolute Gasteiger partial charge is 0.279 e. The van der Waals surface area contributed by atoms with Crippen LogP contribution in [0.3, 0.4) is 0 Å². The zero-order chi connectivity index (χ0) is 22.2. The highest BCUT2D eigenvalue weighted by Gasteiger charge is 2.23. The molecular formula is C23H21N3O3S2. The number of benzene rings is 2. The first-order valence-electron chi connectivity index (χ1n) is 9.61. The monoisotopic (exact) mass is 451 g/mol. The van der Waals surface area contributed by atoms with E-state index < -0.39 is 9.84 Å². The Hall–Kier alpha value is -3.10. The highest BCUT2D eigenvalue weighted by atomic mass is 32.2. The third-order valence-corrected chi connectivity index (χ3v) is 7.08. The number of anilines is 1. The van der Waals surface area contributed by atoms with E-state index >= 15 is 0 Å². The molecule has 0 aliphatic heterocycles. The maximum absolute atomic E-state index is 13.6. The number of amides is 1. The molecule has 0 saturated heterocycles. The number of rotatable bonds is 5. The fraction of sp³-hybridized carbons (Fsp3) is 0.174. The van der Waals surface area contributed by atoms with Crippen molar-refractivity contribution in [3.8, 4) is 0 Å². The van der Waals surface area contributed by atoms with Gasteiger partial charge in [-0.2, -0.15) is 0 Å². The summed E-state index contributed by atoms with van der Waals surface area (Å²) in [6.45, 7) is 4.21. The third kappa shape index (κ3) is 4.50. The van der Waals surface area contributed by atoms with E-state index in [4.69, 9.17) is 0 Å². The van der Waals surface area contributed by atoms with Gasteiger partial charge in [0, 0.05) is 24.2 Å². The second-order valence-corrected chi connectivity index (χ2v) is 10.5. The predicted octanol–water partition coefficient (Wildman–Crippen LogP) is 4.56. The summed E-state index contributed by atoms with van der Waals surface area (Å²) < 4.78 is 24.6. The number of fused-ring (bicyclic) bond motifs is 1. The average Bonchev–Trinajstić information content (AvgIpc) is 3.15. The first-order valence-corrected chi connectivity index (χ1v) is 12.3. The summed E-state index contributed by atoms with van der Waals surface area (Å²) in [4.78, 5) is 24.2. The van der Waals surface area contributed by atoms with Crippen LogP contribution in [0.25, 0.3) is 10.2 Å². The van der Waals surface area contributed by atoms with E-state index in [9.17, 15) is 13.2 Å². The van der Waals surface area contributed by atoms with Crippen molar-refractivity contribution in [2.24, 2.45) is 0 Å². The number of carbonyl (C=O) groups is 1. The van der Waals surface area contributed by atoms with Crippen LogP contribution in [0.1, 0.15) is 27.0 Å². The van der Waals surface area contributed by atoms with Crippen molar-refractivity contribution in [2.75, 3.05) is 11.2 Å². The van der Waals surface area contributed by atoms with Crippen LogP contribution in [0.4, 0.5) is 5.13 Å². The van der Waals surface area contributed by atoms with Crippen molar-refractivity contribution in [3.05, 3.63) is 83.2 Å². The third-order valence-electron chi connectivity index (χ3n) is 4.93. The second kappa shape index (κ2) is 8.20. The summed E-state index contributed by atoms with van der Waals surface area (Å²) in [7, 11) is -3.33. The van der Waals surface area contributed by atoms with Crippen LogP contribution < -0.4 is 4.90 Å². The van der Waals surface area contributed by atoms with Gasteiger partial charge in [0.1, 0.15) is 0 Å². The van der Waals surface area contributed by atoms with Crippen LogP contribution in [-0.2, 0) is 16.4 Å². The Balaban J connectivity index is 1.81. The molecule has 8 heteroatoms. The zero-order valence-corrected chi connectivity index (χ0v) is 19.0. The summed E-state index contributed by atoms with van der Waals surface area (Å²) >= 11 is 1.30. The molecule has 0 aliphatic carbocycles. The number of carbonyl (C=O) groups excluding carboxylic acids is 1. The lowest BCUT2D eigenvalue weighted by atomic mass is 10.0. The van der Waals surface area contributed by atoms with Gasteiger partial charge in [0.15, 0.2) is 15.0 Å². The topological polar surface area (TPSA) is 80.2 Å². The van der Waals surface area contributed by atoms with Crippen molar-refractivity contribution < 1.29 is 13.2 Å². The molecule has 2 aromatic heterocycles. The van der Waals surface area contributed by atoms with Crippen LogP contribution in [0.2, 0.25) is 0 Å². The van der Waals surface area contributed by atoms with E-state index in [1.807, 2.05) is 44.2 Å². The van der Waals surface area contributed by atoms with Gasteiger partial charge in [-0.25, -0.2) is 13.4 Å². The normalized spacial score (nSPS) is 11.6. The molecule has 0 radical (unpaired) electrons. The number of thiazole rings is 1. The van der Waals surface area contributed by atoms with Crippen molar-refractivity contribution in [3.63, 3.8) is 0 Å². The summed E-state index contributed by atoms with van der Waals surface area (Å²) in [6.07, 6.45) is 4.58. The summed E-state index contributed by atoms with van der Waals surface area (Å²) in [5.41, 5.74) is 4.10. The molecule has 6 nitrogen and oxygen atoms in total. The van der Waals surface area contributed by atoms with Crippen molar-refractivity contribution in [1.29, 1.82) is 0 Å². The van der Waals surface area contributed by atoms with Gasteiger partial charge in [-0.3, -0.25) is 14.7 Å². The number of hydrogen-bond acceptors (Lipinski definition) is 6. The molecule has 1 amide bonds. The summed E-state index contributed by atoms with van der Waals surface area (Å²) in [5, 5.41) is 0.509. The number of nitrogens with zero attached hydrogens (tertiary/aromatic N) is 3. The minimum absolute atomic E-state index is 0.163. The van der Waals surface area contributed by atoms with Gasteiger partial charge in [0.2, 0.25) is 0 Å². The van der Waals surface area contributed by atoms with Gasteiger partial charge in [0.25, 0.3) is 5.91 Å². The van der Waals surface area contributed by atoms with Gasteiger partial charge in [-0.1, -0.05) is 35.1 Å². The van der Waals surface area contributed by atoms with E-state index in [1.165, 1.54) is 17.6 Å². The quantitative estimate of drug-likeness (QED) is 0.444. The fourth-order valence-corrected chi connectivity index (χ4v) is 5.06. The summed E-state index contributed by atoms with van der Waals surface area (Å²) in [5.74, 6) is -0.163. The minimum Gasteiger partial charge on any atom is -0.279 e. The Morgan fingerprint density at radius 1 is 1.10 bits per heavy atom. The Labute approximate surface area is 185 Å². The Bertz CT molecular complexity index is 1380. The second-order valence-electron chi connectivity index (χ2n) is 7.47. The van der Waals surface area contributed by atoms with Crippen LogP contribution in [0.5, 0.6) is 0 Å². The first-order chi connectivity index (χ1) is 14.7. The fourth-order valence-electron chi connectivity index (χ4n) is 3.34. The molecule has 4 rings (SSSR count). The molecule has 2 heterocycles. The SMILES string of the molecule is Cc1ccc(C(=O)N(Cc2cccnc2)c2nc3ccc(S(C)(=O)=O)cc3s2)c(C)c1. The first kappa shape index (κ1) is 21.1. The molecule has 31 heavy (non-hydrogen) atoms. The summed E-state index contributed by atoms with van der Waals surface area (Å²) in [6, 6.07) is 14.3. The number of sulfone groups is 1. The number of pyridine rings is 1. The molecule has 0 unspecified atom stereocenters. The molecule has 0 atom stereocenters. The Morgan fingerprint density at radius 3 is 2.58 bits per heavy atom. The van der Waals surface area contributed by atoms with Gasteiger partial charge in [0.05, 0.1) is 21.7 Å².